The third kappa shape index (κ3) is 3.86. The van der Waals surface area contributed by atoms with Crippen molar-refractivity contribution in [1.29, 1.82) is 0 Å². The van der Waals surface area contributed by atoms with Crippen LogP contribution in [0.1, 0.15) is 0 Å². The molecule has 0 fully saturated rings. The van der Waals surface area contributed by atoms with E-state index in [4.69, 9.17) is 0 Å². The van der Waals surface area contributed by atoms with E-state index in [-0.39, 0.29) is 15.4 Å². The molecule has 0 rings (SSSR count). The van der Waals surface area contributed by atoms with E-state index >= 15 is 0 Å². The topological polar surface area (TPSA) is 24.7 Å². The van der Waals surface area contributed by atoms with Crippen LogP contribution >= 0.6 is 0 Å². The Morgan fingerprint density at radius 2 is 1.60 bits per heavy atom. The van der Waals surface area contributed by atoms with Crippen LogP contribution in [0.4, 0.5) is 0 Å². The second-order valence-corrected chi connectivity index (χ2v) is 1.77. The van der Waals surface area contributed by atoms with Crippen LogP contribution in [0, 0.1) is 0 Å². The predicted octanol–water partition coefficient (Wildman–Crippen LogP) is -0.0782. The molecule has 0 heterocycles. The van der Waals surface area contributed by atoms with Crippen molar-refractivity contribution in [2.75, 3.05) is 0 Å². The summed E-state index contributed by atoms with van der Waals surface area (Å²) in [5.74, 6) is 0. The fourth-order valence-electron chi connectivity index (χ4n) is 0.0408. The van der Waals surface area contributed by atoms with Crippen LogP contribution in [0.2, 0.25) is 0 Å². The Morgan fingerprint density at radius 3 is 1.60 bits per heavy atom. The van der Waals surface area contributed by atoms with Gasteiger partial charge in [0.05, 0.1) is 0 Å². The average Bonchev–Trinajstić information content (AvgIpc) is 1.41. The van der Waals surface area contributed by atoms with E-state index < -0.39 is 0 Å². The molecule has 0 spiro atoms. The van der Waals surface area contributed by atoms with Crippen LogP contribution in [-0.4, -0.2) is 28.8 Å². The molecule has 0 unspecified atom stereocenters. The third-order valence-corrected chi connectivity index (χ3v) is 0.600. The molecule has 0 saturated carbocycles. The first kappa shape index (κ1) is 4.86. The number of rotatable bonds is 2. The summed E-state index contributed by atoms with van der Waals surface area (Å²) in [6.45, 7) is 6.39. The quantitative estimate of drug-likeness (QED) is 0.373. The maximum atomic E-state index is 3.44. The van der Waals surface area contributed by atoms with Crippen molar-refractivity contribution in [2.45, 2.75) is 0 Å². The first-order valence-electron chi connectivity index (χ1n) is 0.998. The molecule has 0 aromatic carbocycles. The second-order valence-electron chi connectivity index (χ2n) is 0.340. The molecule has 3 heteroatoms. The summed E-state index contributed by atoms with van der Waals surface area (Å²) in [5, 5.41) is 0. The molecule has 0 aromatic heterocycles. The molecule has 0 aliphatic rings. The van der Waals surface area contributed by atoms with Crippen LogP contribution in [0.5, 0.6) is 0 Å². The molecular weight excluding hydrogens is 131 g/mol. The summed E-state index contributed by atoms with van der Waals surface area (Å²) in [7, 11) is 0. The molecule has 0 aliphatic heterocycles. The molecule has 0 amide bonds. The van der Waals surface area contributed by atoms with E-state index in [1.807, 2.05) is 0 Å². The Balaban J connectivity index is 2.65. The van der Waals surface area contributed by atoms with Gasteiger partial charge in [0.1, 0.15) is 0 Å². The van der Waals surface area contributed by atoms with Crippen molar-refractivity contribution in [2.24, 2.45) is 8.02 Å². The van der Waals surface area contributed by atoms with Gasteiger partial charge in [0.25, 0.3) is 0 Å². The van der Waals surface area contributed by atoms with Gasteiger partial charge < -0.3 is 0 Å². The summed E-state index contributed by atoms with van der Waals surface area (Å²) >= 11 is -0.0139. The minimum absolute atomic E-state index is 0.0139. The summed E-state index contributed by atoms with van der Waals surface area (Å²) in [6, 6.07) is 0. The van der Waals surface area contributed by atoms with E-state index in [2.05, 4.69) is 21.5 Å². The molecular formula is C2H4N2Se. The molecule has 28 valence electrons. The van der Waals surface area contributed by atoms with Gasteiger partial charge in [-0.3, -0.25) is 0 Å². The van der Waals surface area contributed by atoms with Crippen LogP contribution in [0.15, 0.2) is 8.02 Å². The fraction of sp³-hybridized carbons (Fsp3) is 0. The van der Waals surface area contributed by atoms with Crippen molar-refractivity contribution >= 4 is 28.8 Å². The summed E-state index contributed by atoms with van der Waals surface area (Å²) < 4.78 is 6.88. The Labute approximate surface area is 37.6 Å². The molecule has 5 heavy (non-hydrogen) atoms. The molecule has 0 atom stereocenters. The Morgan fingerprint density at radius 1 is 1.20 bits per heavy atom. The van der Waals surface area contributed by atoms with Crippen molar-refractivity contribution in [3.05, 3.63) is 0 Å². The van der Waals surface area contributed by atoms with Crippen LogP contribution in [0.25, 0.3) is 0 Å². The number of hydrogen-bond acceptors (Lipinski definition) is 2. The third-order valence-electron chi connectivity index (χ3n) is 0.115. The normalized spacial score (nSPS) is 6.40. The summed E-state index contributed by atoms with van der Waals surface area (Å²) in [5.41, 5.74) is 0. The Kier molecular flexibility index (Phi) is 3.75. The van der Waals surface area contributed by atoms with E-state index in [1.165, 1.54) is 0 Å². The van der Waals surface area contributed by atoms with E-state index in [1.54, 1.807) is 0 Å². The SMILES string of the molecule is C=N[Se]N=C. The predicted molar refractivity (Wildman–Crippen MR) is 24.9 cm³/mol. The standard InChI is InChI=1S/C2H4N2Se/c1-3-5-4-2/h1-2H2. The zero-order valence-electron chi connectivity index (χ0n) is 2.72. The van der Waals surface area contributed by atoms with Gasteiger partial charge in [-0.2, -0.15) is 0 Å². The zero-order chi connectivity index (χ0) is 4.12. The van der Waals surface area contributed by atoms with Gasteiger partial charge in [-0.1, -0.05) is 0 Å². The van der Waals surface area contributed by atoms with Crippen molar-refractivity contribution in [1.82, 2.24) is 0 Å². The molecule has 2 nitrogen and oxygen atoms in total. The van der Waals surface area contributed by atoms with E-state index in [9.17, 15) is 0 Å². The zero-order valence-corrected chi connectivity index (χ0v) is 4.43. The van der Waals surface area contributed by atoms with Crippen molar-refractivity contribution in [3.63, 3.8) is 0 Å². The monoisotopic (exact) mass is 136 g/mol. The van der Waals surface area contributed by atoms with Gasteiger partial charge in [-0.05, 0) is 0 Å². The first-order chi connectivity index (χ1) is 2.41. The van der Waals surface area contributed by atoms with Gasteiger partial charge in [-0.25, -0.2) is 0 Å². The molecule has 0 radical (unpaired) electrons. The van der Waals surface area contributed by atoms with Gasteiger partial charge in [0.15, 0.2) is 0 Å². The average molecular weight is 135 g/mol. The van der Waals surface area contributed by atoms with E-state index in [0.29, 0.717) is 0 Å². The number of hydrogen-bond donors (Lipinski definition) is 0. The van der Waals surface area contributed by atoms with Gasteiger partial charge >= 0.3 is 36.8 Å². The van der Waals surface area contributed by atoms with Crippen LogP contribution in [0.3, 0.4) is 0 Å². The Hall–Kier alpha value is -0.141. The van der Waals surface area contributed by atoms with Crippen LogP contribution < -0.4 is 0 Å². The van der Waals surface area contributed by atoms with Gasteiger partial charge in [0, 0.05) is 0 Å². The molecule has 0 aromatic rings. The van der Waals surface area contributed by atoms with Crippen LogP contribution in [-0.2, 0) is 0 Å². The molecule has 0 N–H and O–H groups in total. The molecule has 0 saturated heterocycles. The molecule has 0 bridgehead atoms. The first-order valence-corrected chi connectivity index (χ1v) is 2.53. The summed E-state index contributed by atoms with van der Waals surface area (Å²) in [6.07, 6.45) is 0. The summed E-state index contributed by atoms with van der Waals surface area (Å²) in [4.78, 5) is 0. The molecule has 0 aliphatic carbocycles. The van der Waals surface area contributed by atoms with E-state index in [0.717, 1.165) is 0 Å². The Bertz CT molecular complexity index is 36.9. The minimum atomic E-state index is -0.0139. The van der Waals surface area contributed by atoms with Crippen molar-refractivity contribution in [3.8, 4) is 0 Å². The maximum absolute atomic E-state index is 3.44. The number of nitrogens with zero attached hydrogens (tertiary/aromatic N) is 2. The van der Waals surface area contributed by atoms with Crippen molar-refractivity contribution < 1.29 is 0 Å². The fourth-order valence-corrected chi connectivity index (χ4v) is 0.212. The van der Waals surface area contributed by atoms with Gasteiger partial charge in [-0.15, -0.1) is 0 Å². The second kappa shape index (κ2) is 3.86. The van der Waals surface area contributed by atoms with Gasteiger partial charge in [0.2, 0.25) is 0 Å².